The Bertz CT molecular complexity index is 653. The summed E-state index contributed by atoms with van der Waals surface area (Å²) in [6, 6.07) is 7.31. The number of hydrogen-bond acceptors (Lipinski definition) is 1. The van der Waals surface area contributed by atoms with E-state index >= 15 is 0 Å². The van der Waals surface area contributed by atoms with Gasteiger partial charge in [0.05, 0.1) is 5.02 Å². The average Bonchev–Trinajstić information content (AvgIpc) is 2.76. The first kappa shape index (κ1) is 15.6. The van der Waals surface area contributed by atoms with Gasteiger partial charge in [-0.3, -0.25) is 4.79 Å². The van der Waals surface area contributed by atoms with E-state index in [2.05, 4.69) is 37.2 Å². The van der Waals surface area contributed by atoms with E-state index in [0.717, 1.165) is 8.95 Å². The Hall–Kier alpha value is -0.780. The van der Waals surface area contributed by atoms with Crippen molar-refractivity contribution in [3.63, 3.8) is 0 Å². The molecule has 1 N–H and O–H groups in total. The second kappa shape index (κ2) is 6.33. The number of nitrogens with zero attached hydrogens (tertiary/aromatic N) is 1. The van der Waals surface area contributed by atoms with E-state index in [-0.39, 0.29) is 11.9 Å². The molecule has 0 atom stereocenters. The lowest BCUT2D eigenvalue weighted by molar-refractivity contribution is 0.101. The van der Waals surface area contributed by atoms with Crippen molar-refractivity contribution < 1.29 is 4.79 Å². The lowest BCUT2D eigenvalue weighted by Gasteiger charge is -2.13. The summed E-state index contributed by atoms with van der Waals surface area (Å²) in [7, 11) is 0. The highest BCUT2D eigenvalue weighted by Crippen LogP contribution is 2.26. The van der Waals surface area contributed by atoms with E-state index < -0.39 is 0 Å². The van der Waals surface area contributed by atoms with Crippen LogP contribution >= 0.6 is 43.5 Å². The summed E-state index contributed by atoms with van der Waals surface area (Å²) in [6.45, 7) is 4.05. The zero-order valence-corrected chi connectivity index (χ0v) is 14.9. The van der Waals surface area contributed by atoms with Crippen LogP contribution in [0.15, 0.2) is 39.4 Å². The summed E-state index contributed by atoms with van der Waals surface area (Å²) >= 11 is 12.7. The molecule has 0 radical (unpaired) electrons. The number of carbonyl (C=O) groups is 1. The molecule has 106 valence electrons. The zero-order valence-electron chi connectivity index (χ0n) is 11.0. The van der Waals surface area contributed by atoms with Gasteiger partial charge >= 0.3 is 0 Å². The second-order valence-corrected chi connectivity index (χ2v) is 6.80. The summed E-state index contributed by atoms with van der Waals surface area (Å²) in [5, 5.41) is 3.41. The monoisotopic (exact) mass is 418 g/mol. The van der Waals surface area contributed by atoms with Crippen LogP contribution in [0.2, 0.25) is 5.02 Å². The van der Waals surface area contributed by atoms with Gasteiger partial charge in [0.15, 0.2) is 0 Å². The van der Waals surface area contributed by atoms with E-state index in [9.17, 15) is 4.79 Å². The molecule has 6 heteroatoms. The molecule has 3 nitrogen and oxygen atoms in total. The average molecular weight is 421 g/mol. The van der Waals surface area contributed by atoms with Gasteiger partial charge in [-0.25, -0.2) is 0 Å². The number of hydrogen-bond donors (Lipinski definition) is 1. The van der Waals surface area contributed by atoms with Crippen LogP contribution in [-0.2, 0) is 0 Å². The minimum Gasteiger partial charge on any atom is -0.340 e. The lowest BCUT2D eigenvalue weighted by atomic mass is 10.3. The molecule has 0 bridgehead atoms. The Labute approximate surface area is 139 Å². The standard InChI is InChI=1S/C14H13Br2ClN2O/c1-8(2)19-7-9(15)5-13(19)14(20)18-10-3-4-11(16)12(17)6-10/h3-8H,1-2H3,(H,18,20). The molecule has 1 aromatic carbocycles. The summed E-state index contributed by atoms with van der Waals surface area (Å²) in [5.74, 6) is -0.164. The molecule has 0 unspecified atom stereocenters. The fourth-order valence-corrected chi connectivity index (χ4v) is 2.69. The maximum atomic E-state index is 12.3. The van der Waals surface area contributed by atoms with Crippen molar-refractivity contribution in [1.29, 1.82) is 0 Å². The highest BCUT2D eigenvalue weighted by atomic mass is 79.9. The van der Waals surface area contributed by atoms with Crippen LogP contribution in [-0.4, -0.2) is 10.5 Å². The van der Waals surface area contributed by atoms with Gasteiger partial charge in [0, 0.05) is 26.9 Å². The molecular weight excluding hydrogens is 407 g/mol. The molecule has 0 saturated heterocycles. The van der Waals surface area contributed by atoms with Gasteiger partial charge in [0.1, 0.15) is 5.69 Å². The van der Waals surface area contributed by atoms with Crippen LogP contribution in [0.25, 0.3) is 0 Å². The number of halogens is 3. The second-order valence-electron chi connectivity index (χ2n) is 4.63. The number of carbonyl (C=O) groups excluding carboxylic acids is 1. The van der Waals surface area contributed by atoms with Gasteiger partial charge in [-0.15, -0.1) is 0 Å². The summed E-state index contributed by atoms with van der Waals surface area (Å²) in [4.78, 5) is 12.3. The highest BCUT2D eigenvalue weighted by molar-refractivity contribution is 9.10. The van der Waals surface area contributed by atoms with Crippen molar-refractivity contribution in [1.82, 2.24) is 4.57 Å². The smallest absolute Gasteiger partial charge is 0.272 e. The first-order chi connectivity index (χ1) is 9.38. The van der Waals surface area contributed by atoms with Gasteiger partial charge in [-0.2, -0.15) is 0 Å². The van der Waals surface area contributed by atoms with Crippen LogP contribution in [0.3, 0.4) is 0 Å². The Balaban J connectivity index is 2.26. The normalized spacial score (nSPS) is 10.9. The van der Waals surface area contributed by atoms with Crippen molar-refractivity contribution in [2.24, 2.45) is 0 Å². The SMILES string of the molecule is CC(C)n1cc(Br)cc1C(=O)Nc1ccc(Br)c(Cl)c1. The summed E-state index contributed by atoms with van der Waals surface area (Å²) in [6.07, 6.45) is 1.90. The van der Waals surface area contributed by atoms with Crippen LogP contribution in [0.5, 0.6) is 0 Å². The van der Waals surface area contributed by atoms with E-state index in [0.29, 0.717) is 16.4 Å². The van der Waals surface area contributed by atoms with Crippen molar-refractivity contribution in [2.45, 2.75) is 19.9 Å². The van der Waals surface area contributed by atoms with Crippen molar-refractivity contribution in [2.75, 3.05) is 5.32 Å². The van der Waals surface area contributed by atoms with E-state index in [1.807, 2.05) is 24.6 Å². The van der Waals surface area contributed by atoms with Crippen molar-refractivity contribution >= 4 is 55.1 Å². The molecule has 1 heterocycles. The number of anilines is 1. The van der Waals surface area contributed by atoms with Crippen molar-refractivity contribution in [3.05, 3.63) is 50.1 Å². The molecule has 2 rings (SSSR count). The number of benzene rings is 1. The molecule has 1 aromatic heterocycles. The molecule has 0 aliphatic heterocycles. The van der Waals surface area contributed by atoms with Crippen LogP contribution in [0.4, 0.5) is 5.69 Å². The summed E-state index contributed by atoms with van der Waals surface area (Å²) in [5.41, 5.74) is 1.27. The molecule has 20 heavy (non-hydrogen) atoms. The Kier molecular flexibility index (Phi) is 4.94. The van der Waals surface area contributed by atoms with Gasteiger partial charge in [0.2, 0.25) is 0 Å². The maximum absolute atomic E-state index is 12.3. The zero-order chi connectivity index (χ0) is 14.9. The Morgan fingerprint density at radius 1 is 1.30 bits per heavy atom. The number of nitrogens with one attached hydrogen (secondary N) is 1. The molecule has 0 fully saturated rings. The molecular formula is C14H13Br2ClN2O. The van der Waals surface area contributed by atoms with Gasteiger partial charge in [-0.05, 0) is 70.0 Å². The summed E-state index contributed by atoms with van der Waals surface area (Å²) < 4.78 is 3.59. The third-order valence-electron chi connectivity index (χ3n) is 2.78. The maximum Gasteiger partial charge on any atom is 0.272 e. The quantitative estimate of drug-likeness (QED) is 0.699. The topological polar surface area (TPSA) is 34.0 Å². The third-order valence-corrected chi connectivity index (χ3v) is 4.45. The van der Waals surface area contributed by atoms with Crippen molar-refractivity contribution in [3.8, 4) is 0 Å². The fraction of sp³-hybridized carbons (Fsp3) is 0.214. The number of rotatable bonds is 3. The molecule has 2 aromatic rings. The van der Waals surface area contributed by atoms with Crippen LogP contribution in [0.1, 0.15) is 30.4 Å². The predicted octanol–water partition coefficient (Wildman–Crippen LogP) is 5.50. The fourth-order valence-electron chi connectivity index (χ4n) is 1.82. The number of amides is 1. The minimum absolute atomic E-state index is 0.164. The third kappa shape index (κ3) is 3.45. The molecule has 0 saturated carbocycles. The van der Waals surface area contributed by atoms with E-state index in [4.69, 9.17) is 11.6 Å². The Morgan fingerprint density at radius 2 is 2.00 bits per heavy atom. The van der Waals surface area contributed by atoms with Gasteiger partial charge < -0.3 is 9.88 Å². The first-order valence-electron chi connectivity index (χ1n) is 6.02. The lowest BCUT2D eigenvalue weighted by Crippen LogP contribution is -2.17. The molecule has 1 amide bonds. The Morgan fingerprint density at radius 3 is 2.60 bits per heavy atom. The van der Waals surface area contributed by atoms with Gasteiger partial charge in [-0.1, -0.05) is 11.6 Å². The van der Waals surface area contributed by atoms with Gasteiger partial charge in [0.25, 0.3) is 5.91 Å². The van der Waals surface area contributed by atoms with E-state index in [1.165, 1.54) is 0 Å². The number of aromatic nitrogens is 1. The molecule has 0 aliphatic carbocycles. The predicted molar refractivity (Wildman–Crippen MR) is 89.6 cm³/mol. The van der Waals surface area contributed by atoms with Crippen LogP contribution in [0, 0.1) is 0 Å². The van der Waals surface area contributed by atoms with E-state index in [1.54, 1.807) is 24.3 Å². The largest absolute Gasteiger partial charge is 0.340 e. The minimum atomic E-state index is -0.164. The first-order valence-corrected chi connectivity index (χ1v) is 7.98. The van der Waals surface area contributed by atoms with Crippen LogP contribution < -0.4 is 5.32 Å². The highest BCUT2D eigenvalue weighted by Gasteiger charge is 2.15. The molecule has 0 spiro atoms. The molecule has 0 aliphatic rings.